The predicted molar refractivity (Wildman–Crippen MR) is 81.5 cm³/mol. The molecule has 3 rings (SSSR count). The van der Waals surface area contributed by atoms with E-state index in [1.807, 2.05) is 26.0 Å². The van der Waals surface area contributed by atoms with Gasteiger partial charge in [-0.05, 0) is 38.1 Å². The van der Waals surface area contributed by atoms with Crippen LogP contribution < -0.4 is 0 Å². The summed E-state index contributed by atoms with van der Waals surface area (Å²) in [5.41, 5.74) is 2.68. The van der Waals surface area contributed by atoms with Crippen molar-refractivity contribution < 1.29 is 9.90 Å². The second-order valence-electron chi connectivity index (χ2n) is 5.31. The van der Waals surface area contributed by atoms with E-state index >= 15 is 0 Å². The molecule has 1 heterocycles. The van der Waals surface area contributed by atoms with E-state index in [1.54, 1.807) is 24.3 Å². The van der Waals surface area contributed by atoms with Gasteiger partial charge in [0.05, 0.1) is 28.2 Å². The monoisotopic (exact) mass is 278 g/mol. The molecular weight excluding hydrogens is 264 g/mol. The third kappa shape index (κ3) is 1.86. The summed E-state index contributed by atoms with van der Waals surface area (Å²) < 4.78 is 2.08. The van der Waals surface area contributed by atoms with Crippen molar-refractivity contribution >= 4 is 27.8 Å². The van der Waals surface area contributed by atoms with E-state index in [0.717, 1.165) is 21.8 Å². The zero-order chi connectivity index (χ0) is 15.1. The quantitative estimate of drug-likeness (QED) is 0.772. The Hall–Kier alpha value is -2.80. The van der Waals surface area contributed by atoms with Crippen molar-refractivity contribution in [2.75, 3.05) is 0 Å². The zero-order valence-corrected chi connectivity index (χ0v) is 11.8. The number of nitriles is 1. The molecule has 0 spiro atoms. The number of aromatic nitrogens is 1. The Morgan fingerprint density at radius 3 is 2.62 bits per heavy atom. The molecule has 1 N–H and O–H groups in total. The van der Waals surface area contributed by atoms with Gasteiger partial charge in [-0.2, -0.15) is 5.26 Å². The Morgan fingerprint density at radius 1 is 1.24 bits per heavy atom. The zero-order valence-electron chi connectivity index (χ0n) is 11.8. The minimum absolute atomic E-state index is 0.169. The molecular formula is C17H14N2O2. The molecule has 21 heavy (non-hydrogen) atoms. The van der Waals surface area contributed by atoms with Gasteiger partial charge in [0.25, 0.3) is 0 Å². The van der Waals surface area contributed by atoms with Crippen molar-refractivity contribution in [2.24, 2.45) is 0 Å². The molecule has 0 aliphatic heterocycles. The molecule has 104 valence electrons. The predicted octanol–water partition coefficient (Wildman–Crippen LogP) is 3.95. The summed E-state index contributed by atoms with van der Waals surface area (Å²) >= 11 is 0. The number of carboxylic acids is 1. The van der Waals surface area contributed by atoms with Crippen LogP contribution in [0.15, 0.2) is 36.4 Å². The normalized spacial score (nSPS) is 11.1. The topological polar surface area (TPSA) is 66.0 Å². The van der Waals surface area contributed by atoms with Crippen LogP contribution >= 0.6 is 0 Å². The first-order chi connectivity index (χ1) is 10.0. The highest BCUT2D eigenvalue weighted by molar-refractivity contribution is 6.12. The highest BCUT2D eigenvalue weighted by Gasteiger charge is 2.17. The van der Waals surface area contributed by atoms with Crippen molar-refractivity contribution in [3.8, 4) is 6.07 Å². The Labute approximate surface area is 121 Å². The third-order valence-corrected chi connectivity index (χ3v) is 3.71. The van der Waals surface area contributed by atoms with Gasteiger partial charge in [-0.1, -0.05) is 12.1 Å². The fourth-order valence-corrected chi connectivity index (χ4v) is 2.88. The highest BCUT2D eigenvalue weighted by Crippen LogP contribution is 2.34. The smallest absolute Gasteiger partial charge is 0.335 e. The maximum absolute atomic E-state index is 11.2. The molecule has 0 bridgehead atoms. The van der Waals surface area contributed by atoms with Crippen LogP contribution in [0.25, 0.3) is 21.8 Å². The summed E-state index contributed by atoms with van der Waals surface area (Å²) in [6.45, 7) is 4.09. The van der Waals surface area contributed by atoms with Gasteiger partial charge in [-0.15, -0.1) is 0 Å². The van der Waals surface area contributed by atoms with Crippen molar-refractivity contribution in [1.82, 2.24) is 4.57 Å². The lowest BCUT2D eigenvalue weighted by Crippen LogP contribution is -2.01. The minimum atomic E-state index is -0.946. The second-order valence-corrected chi connectivity index (χ2v) is 5.31. The van der Waals surface area contributed by atoms with Gasteiger partial charge in [0.2, 0.25) is 0 Å². The molecule has 4 nitrogen and oxygen atoms in total. The first kappa shape index (κ1) is 13.2. The summed E-state index contributed by atoms with van der Waals surface area (Å²) in [5, 5.41) is 20.3. The summed E-state index contributed by atoms with van der Waals surface area (Å²) in [6.07, 6.45) is 0. The molecule has 4 heteroatoms. The summed E-state index contributed by atoms with van der Waals surface area (Å²) in [4.78, 5) is 11.2. The molecule has 0 aliphatic carbocycles. The number of rotatable bonds is 2. The fraction of sp³-hybridized carbons (Fsp3) is 0.176. The number of carbonyl (C=O) groups is 1. The van der Waals surface area contributed by atoms with Crippen LogP contribution in [-0.2, 0) is 0 Å². The molecule has 2 aromatic carbocycles. The summed E-state index contributed by atoms with van der Waals surface area (Å²) in [7, 11) is 0. The molecule has 0 saturated carbocycles. The molecule has 3 aromatic rings. The molecule has 0 amide bonds. The maximum atomic E-state index is 11.2. The standard InChI is InChI=1S/C17H14N2O2/c1-10(2)19-14-5-3-4-12(9-18)16(14)13-7-6-11(17(20)21)8-15(13)19/h3-8,10H,1-2H3,(H,20,21). The average molecular weight is 278 g/mol. The average Bonchev–Trinajstić information content (AvgIpc) is 2.80. The number of hydrogen-bond donors (Lipinski definition) is 1. The maximum Gasteiger partial charge on any atom is 0.335 e. The Bertz CT molecular complexity index is 914. The SMILES string of the molecule is CC(C)n1c2cc(C(=O)O)ccc2c2c(C#N)cccc21. The van der Waals surface area contributed by atoms with E-state index in [9.17, 15) is 15.2 Å². The van der Waals surface area contributed by atoms with Gasteiger partial charge in [0.1, 0.15) is 0 Å². The van der Waals surface area contributed by atoms with Gasteiger partial charge >= 0.3 is 5.97 Å². The number of nitrogens with zero attached hydrogens (tertiary/aromatic N) is 2. The van der Waals surface area contributed by atoms with E-state index in [2.05, 4.69) is 10.6 Å². The van der Waals surface area contributed by atoms with Gasteiger partial charge in [-0.3, -0.25) is 0 Å². The van der Waals surface area contributed by atoms with E-state index in [-0.39, 0.29) is 11.6 Å². The van der Waals surface area contributed by atoms with E-state index < -0.39 is 5.97 Å². The fourth-order valence-electron chi connectivity index (χ4n) is 2.88. The molecule has 0 aliphatic rings. The summed E-state index contributed by atoms with van der Waals surface area (Å²) in [5.74, 6) is -0.946. The molecule has 0 saturated heterocycles. The number of aromatic carboxylic acids is 1. The largest absolute Gasteiger partial charge is 0.478 e. The van der Waals surface area contributed by atoms with Crippen molar-refractivity contribution in [2.45, 2.75) is 19.9 Å². The molecule has 0 fully saturated rings. The van der Waals surface area contributed by atoms with Gasteiger partial charge < -0.3 is 9.67 Å². The van der Waals surface area contributed by atoms with Crippen LogP contribution in [0.2, 0.25) is 0 Å². The van der Waals surface area contributed by atoms with Crippen LogP contribution in [0.5, 0.6) is 0 Å². The highest BCUT2D eigenvalue weighted by atomic mass is 16.4. The number of benzene rings is 2. The van der Waals surface area contributed by atoms with Gasteiger partial charge in [0, 0.05) is 16.8 Å². The van der Waals surface area contributed by atoms with Crippen LogP contribution in [-0.4, -0.2) is 15.6 Å². The summed E-state index contributed by atoms with van der Waals surface area (Å²) in [6, 6.07) is 13.1. The van der Waals surface area contributed by atoms with E-state index in [1.165, 1.54) is 0 Å². The third-order valence-electron chi connectivity index (χ3n) is 3.71. The van der Waals surface area contributed by atoms with Crippen molar-refractivity contribution in [3.63, 3.8) is 0 Å². The first-order valence-electron chi connectivity index (χ1n) is 6.74. The number of carboxylic acid groups (broad SMARTS) is 1. The lowest BCUT2D eigenvalue weighted by molar-refractivity contribution is 0.0697. The first-order valence-corrected chi connectivity index (χ1v) is 6.74. The van der Waals surface area contributed by atoms with Crippen molar-refractivity contribution in [1.29, 1.82) is 5.26 Å². The van der Waals surface area contributed by atoms with Gasteiger partial charge in [0.15, 0.2) is 0 Å². The van der Waals surface area contributed by atoms with E-state index in [4.69, 9.17) is 0 Å². The van der Waals surface area contributed by atoms with Crippen LogP contribution in [0.3, 0.4) is 0 Å². The number of hydrogen-bond acceptors (Lipinski definition) is 2. The number of fused-ring (bicyclic) bond motifs is 3. The van der Waals surface area contributed by atoms with Gasteiger partial charge in [-0.25, -0.2) is 4.79 Å². The van der Waals surface area contributed by atoms with Crippen LogP contribution in [0.4, 0.5) is 0 Å². The van der Waals surface area contributed by atoms with Crippen LogP contribution in [0.1, 0.15) is 35.8 Å². The minimum Gasteiger partial charge on any atom is -0.478 e. The Balaban J connectivity index is 2.56. The lowest BCUT2D eigenvalue weighted by Gasteiger charge is -2.11. The molecule has 0 radical (unpaired) electrons. The Morgan fingerprint density at radius 2 is 2.00 bits per heavy atom. The lowest BCUT2D eigenvalue weighted by atomic mass is 10.1. The van der Waals surface area contributed by atoms with E-state index in [0.29, 0.717) is 5.56 Å². The van der Waals surface area contributed by atoms with Crippen molar-refractivity contribution in [3.05, 3.63) is 47.5 Å². The second kappa shape index (κ2) is 4.64. The molecule has 0 atom stereocenters. The Kier molecular flexibility index (Phi) is 2.91. The molecule has 0 unspecified atom stereocenters. The van der Waals surface area contributed by atoms with Crippen LogP contribution in [0, 0.1) is 11.3 Å². The molecule has 1 aromatic heterocycles.